The van der Waals surface area contributed by atoms with Gasteiger partial charge in [0.25, 0.3) is 0 Å². The maximum atomic E-state index is 9.99. The van der Waals surface area contributed by atoms with E-state index < -0.39 is 0 Å². The fourth-order valence-corrected chi connectivity index (χ4v) is 2.50. The predicted molar refractivity (Wildman–Crippen MR) is 79.9 cm³/mol. The summed E-state index contributed by atoms with van der Waals surface area (Å²) in [5, 5.41) is 10.7. The Kier molecular flexibility index (Phi) is 3.32. The molecule has 1 aromatic carbocycles. The minimum atomic E-state index is 0.131. The number of fused-ring (bicyclic) bond motifs is 1. The van der Waals surface area contributed by atoms with E-state index in [1.54, 1.807) is 12.3 Å². The zero-order valence-corrected chi connectivity index (χ0v) is 11.8. The van der Waals surface area contributed by atoms with Crippen molar-refractivity contribution < 1.29 is 5.11 Å². The molecule has 3 rings (SSSR count). The average molecular weight is 288 g/mol. The van der Waals surface area contributed by atoms with E-state index in [2.05, 4.69) is 21.5 Å². The first-order valence-corrected chi connectivity index (χ1v) is 6.87. The van der Waals surface area contributed by atoms with Gasteiger partial charge in [0, 0.05) is 17.8 Å². The van der Waals surface area contributed by atoms with Crippen molar-refractivity contribution in [2.45, 2.75) is 19.9 Å². The van der Waals surface area contributed by atoms with Crippen molar-refractivity contribution in [1.29, 1.82) is 0 Å². The van der Waals surface area contributed by atoms with Crippen molar-refractivity contribution in [2.75, 3.05) is 0 Å². The van der Waals surface area contributed by atoms with Gasteiger partial charge in [-0.15, -0.1) is 0 Å². The van der Waals surface area contributed by atoms with Crippen molar-refractivity contribution in [2.24, 2.45) is 0 Å². The van der Waals surface area contributed by atoms with E-state index >= 15 is 0 Å². The highest BCUT2D eigenvalue weighted by molar-refractivity contribution is 6.31. The lowest BCUT2D eigenvalue weighted by Crippen LogP contribution is -1.99. The lowest BCUT2D eigenvalue weighted by atomic mass is 10.2. The van der Waals surface area contributed by atoms with Gasteiger partial charge in [0.15, 0.2) is 0 Å². The van der Waals surface area contributed by atoms with Crippen LogP contribution in [0.15, 0.2) is 36.7 Å². The van der Waals surface area contributed by atoms with E-state index in [0.29, 0.717) is 10.6 Å². The summed E-state index contributed by atoms with van der Waals surface area (Å²) in [7, 11) is 0. The fraction of sp³-hybridized carbons (Fsp3) is 0.200. The van der Waals surface area contributed by atoms with Gasteiger partial charge in [-0.3, -0.25) is 4.98 Å². The Morgan fingerprint density at radius 3 is 2.90 bits per heavy atom. The van der Waals surface area contributed by atoms with Crippen LogP contribution in [0.25, 0.3) is 22.4 Å². The lowest BCUT2D eigenvalue weighted by molar-refractivity contribution is 0.473. The average Bonchev–Trinajstić information content (AvgIpc) is 2.77. The standard InChI is InChI=1S/C15H14ClN3O/c1-2-7-19-13-4-3-10(16)8-12(13)18-15(19)11-5-6-17-9-14(11)20/h3-6,8-9,20H,2,7H2,1H3. The van der Waals surface area contributed by atoms with Gasteiger partial charge in [-0.2, -0.15) is 0 Å². The molecule has 0 amide bonds. The van der Waals surface area contributed by atoms with E-state index in [-0.39, 0.29) is 5.75 Å². The summed E-state index contributed by atoms with van der Waals surface area (Å²) in [4.78, 5) is 8.52. The highest BCUT2D eigenvalue weighted by Gasteiger charge is 2.15. The van der Waals surface area contributed by atoms with Crippen LogP contribution in [0.5, 0.6) is 5.75 Å². The Bertz CT molecular complexity index is 767. The van der Waals surface area contributed by atoms with Gasteiger partial charge in [0.1, 0.15) is 11.6 Å². The molecule has 0 unspecified atom stereocenters. The van der Waals surface area contributed by atoms with Crippen LogP contribution in [0.4, 0.5) is 0 Å². The van der Waals surface area contributed by atoms with E-state index in [9.17, 15) is 5.11 Å². The van der Waals surface area contributed by atoms with Crippen molar-refractivity contribution in [3.8, 4) is 17.1 Å². The Balaban J connectivity index is 2.29. The second kappa shape index (κ2) is 5.13. The van der Waals surface area contributed by atoms with Crippen LogP contribution in [0.2, 0.25) is 5.02 Å². The van der Waals surface area contributed by atoms with Crippen LogP contribution in [-0.4, -0.2) is 19.6 Å². The predicted octanol–water partition coefficient (Wildman–Crippen LogP) is 3.87. The van der Waals surface area contributed by atoms with Crippen molar-refractivity contribution in [3.63, 3.8) is 0 Å². The Morgan fingerprint density at radius 1 is 1.30 bits per heavy atom. The van der Waals surface area contributed by atoms with Crippen molar-refractivity contribution in [3.05, 3.63) is 41.7 Å². The molecule has 0 saturated heterocycles. The number of halogens is 1. The Hall–Kier alpha value is -2.07. The van der Waals surface area contributed by atoms with Crippen LogP contribution < -0.4 is 0 Å². The monoisotopic (exact) mass is 287 g/mol. The number of nitrogens with zero attached hydrogens (tertiary/aromatic N) is 3. The number of hydrogen-bond acceptors (Lipinski definition) is 3. The number of benzene rings is 1. The minimum absolute atomic E-state index is 0.131. The number of rotatable bonds is 3. The molecule has 3 aromatic rings. The second-order valence-electron chi connectivity index (χ2n) is 4.61. The molecule has 0 aliphatic rings. The highest BCUT2D eigenvalue weighted by Crippen LogP contribution is 2.31. The number of pyridine rings is 1. The van der Waals surface area contributed by atoms with Crippen molar-refractivity contribution in [1.82, 2.24) is 14.5 Å². The zero-order chi connectivity index (χ0) is 14.1. The third kappa shape index (κ3) is 2.12. The van der Waals surface area contributed by atoms with Crippen LogP contribution in [0.3, 0.4) is 0 Å². The minimum Gasteiger partial charge on any atom is -0.506 e. The van der Waals surface area contributed by atoms with E-state index in [4.69, 9.17) is 11.6 Å². The Morgan fingerprint density at radius 2 is 2.15 bits per heavy atom. The van der Waals surface area contributed by atoms with Gasteiger partial charge in [-0.05, 0) is 30.7 Å². The molecule has 0 bridgehead atoms. The topological polar surface area (TPSA) is 50.9 Å². The molecular formula is C15H14ClN3O. The summed E-state index contributed by atoms with van der Waals surface area (Å²) in [6, 6.07) is 7.42. The molecule has 0 fully saturated rings. The van der Waals surface area contributed by atoms with E-state index in [1.165, 1.54) is 6.20 Å². The normalized spacial score (nSPS) is 11.1. The molecule has 2 heterocycles. The number of hydrogen-bond donors (Lipinski definition) is 1. The SMILES string of the molecule is CCCn1c(-c2ccncc2O)nc2cc(Cl)ccc21. The molecular weight excluding hydrogens is 274 g/mol. The summed E-state index contributed by atoms with van der Waals surface area (Å²) in [6.07, 6.45) is 4.06. The van der Waals surface area contributed by atoms with Crippen LogP contribution in [0, 0.1) is 0 Å². The Labute approximate surface area is 121 Å². The molecule has 5 heteroatoms. The van der Waals surface area contributed by atoms with E-state index in [1.807, 2.05) is 18.2 Å². The lowest BCUT2D eigenvalue weighted by Gasteiger charge is -2.08. The number of aromatic nitrogens is 3. The quantitative estimate of drug-likeness (QED) is 0.795. The summed E-state index contributed by atoms with van der Waals surface area (Å²) >= 11 is 6.03. The van der Waals surface area contributed by atoms with Gasteiger partial charge < -0.3 is 9.67 Å². The fourth-order valence-electron chi connectivity index (χ4n) is 2.33. The molecule has 0 atom stereocenters. The van der Waals surface area contributed by atoms with E-state index in [0.717, 1.165) is 29.8 Å². The van der Waals surface area contributed by atoms with Crippen LogP contribution in [0.1, 0.15) is 13.3 Å². The van der Waals surface area contributed by atoms with Crippen molar-refractivity contribution >= 4 is 22.6 Å². The molecule has 0 radical (unpaired) electrons. The summed E-state index contributed by atoms with van der Waals surface area (Å²) in [5.74, 6) is 0.871. The zero-order valence-electron chi connectivity index (χ0n) is 11.0. The highest BCUT2D eigenvalue weighted by atomic mass is 35.5. The van der Waals surface area contributed by atoms with Crippen LogP contribution >= 0.6 is 11.6 Å². The van der Waals surface area contributed by atoms with Gasteiger partial charge in [0.05, 0.1) is 22.8 Å². The molecule has 1 N–H and O–H groups in total. The molecule has 0 aliphatic carbocycles. The molecule has 0 saturated carbocycles. The van der Waals surface area contributed by atoms with Crippen LogP contribution in [-0.2, 0) is 6.54 Å². The first-order valence-electron chi connectivity index (χ1n) is 6.50. The van der Waals surface area contributed by atoms with Gasteiger partial charge in [-0.1, -0.05) is 18.5 Å². The number of imidazole rings is 1. The second-order valence-corrected chi connectivity index (χ2v) is 5.05. The molecule has 0 spiro atoms. The first-order chi connectivity index (χ1) is 9.70. The smallest absolute Gasteiger partial charge is 0.144 e. The maximum absolute atomic E-state index is 9.99. The first kappa shape index (κ1) is 12.9. The summed E-state index contributed by atoms with van der Waals surface area (Å²) < 4.78 is 2.10. The van der Waals surface area contributed by atoms with Gasteiger partial charge in [0.2, 0.25) is 0 Å². The largest absolute Gasteiger partial charge is 0.506 e. The number of aromatic hydroxyl groups is 1. The number of aryl methyl sites for hydroxylation is 1. The van der Waals surface area contributed by atoms with Gasteiger partial charge >= 0.3 is 0 Å². The third-order valence-electron chi connectivity index (χ3n) is 3.20. The molecule has 2 aromatic heterocycles. The molecule has 4 nitrogen and oxygen atoms in total. The molecule has 20 heavy (non-hydrogen) atoms. The third-order valence-corrected chi connectivity index (χ3v) is 3.43. The molecule has 0 aliphatic heterocycles. The van der Waals surface area contributed by atoms with Gasteiger partial charge in [-0.25, -0.2) is 4.98 Å². The maximum Gasteiger partial charge on any atom is 0.144 e. The summed E-state index contributed by atoms with van der Waals surface area (Å²) in [6.45, 7) is 2.94. The molecule has 102 valence electrons. The summed E-state index contributed by atoms with van der Waals surface area (Å²) in [5.41, 5.74) is 2.53.